The molecule has 0 aliphatic rings. The Morgan fingerprint density at radius 2 is 1.36 bits per heavy atom. The zero-order chi connectivity index (χ0) is 12.4. The molecule has 0 amide bonds. The van der Waals surface area contributed by atoms with E-state index in [2.05, 4.69) is 13.2 Å². The molecule has 0 unspecified atom stereocenters. The average Bonchev–Trinajstić information content (AvgIpc) is 2.27. The highest BCUT2D eigenvalue weighted by Gasteiger charge is 1.79. The average molecular weight is 219 g/mol. The van der Waals surface area contributed by atoms with Crippen LogP contribution in [-0.4, -0.2) is 5.88 Å². The Morgan fingerprint density at radius 3 is 1.36 bits per heavy atom. The lowest BCUT2D eigenvalue weighted by Crippen LogP contribution is -1.73. The van der Waals surface area contributed by atoms with E-state index >= 15 is 0 Å². The minimum atomic E-state index is 0.569. The van der Waals surface area contributed by atoms with Gasteiger partial charge in [0.05, 0.1) is 0 Å². The second-order valence-corrected chi connectivity index (χ2v) is 1.88. The molecule has 0 nitrogen and oxygen atoms in total. The van der Waals surface area contributed by atoms with Crippen molar-refractivity contribution in [3.8, 4) is 0 Å². The molecule has 1 heteroatoms. The lowest BCUT2D eigenvalue weighted by molar-refractivity contribution is 1.49. The first kappa shape index (κ1) is 23.4. The first-order chi connectivity index (χ1) is 6.76. The van der Waals surface area contributed by atoms with Crippen molar-refractivity contribution in [3.05, 3.63) is 37.0 Å². The van der Waals surface area contributed by atoms with Crippen molar-refractivity contribution in [3.63, 3.8) is 0 Å². The molecule has 14 heavy (non-hydrogen) atoms. The van der Waals surface area contributed by atoms with Crippen LogP contribution in [0.4, 0.5) is 0 Å². The van der Waals surface area contributed by atoms with Crippen LogP contribution >= 0.6 is 11.6 Å². The molecule has 0 fully saturated rings. The Kier molecular flexibility index (Phi) is 65.3. The second-order valence-electron chi connectivity index (χ2n) is 1.61. The van der Waals surface area contributed by atoms with Gasteiger partial charge in [0.1, 0.15) is 0 Å². The van der Waals surface area contributed by atoms with E-state index in [-0.39, 0.29) is 0 Å². The molecule has 0 atom stereocenters. The van der Waals surface area contributed by atoms with Crippen LogP contribution in [0, 0.1) is 0 Å². The predicted molar refractivity (Wildman–Crippen MR) is 73.2 cm³/mol. The van der Waals surface area contributed by atoms with Gasteiger partial charge in [0.15, 0.2) is 0 Å². The number of halogens is 1. The Morgan fingerprint density at radius 1 is 1.07 bits per heavy atom. The molecule has 0 saturated carbocycles. The molecule has 0 aliphatic carbocycles. The fourth-order valence-electron chi connectivity index (χ4n) is 0.250. The summed E-state index contributed by atoms with van der Waals surface area (Å²) in [5.74, 6) is 0.569. The summed E-state index contributed by atoms with van der Waals surface area (Å²) in [7, 11) is 0. The smallest absolute Gasteiger partial charge is 0.0470 e. The number of rotatable bonds is 2. The van der Waals surface area contributed by atoms with Gasteiger partial charge in [-0.3, -0.25) is 0 Å². The van der Waals surface area contributed by atoms with E-state index in [1.807, 2.05) is 47.6 Å². The summed E-state index contributed by atoms with van der Waals surface area (Å²) in [5.41, 5.74) is 1.08. The lowest BCUT2D eigenvalue weighted by atomic mass is 10.3. The summed E-state index contributed by atoms with van der Waals surface area (Å²) in [5, 5.41) is 0. The molecule has 0 radical (unpaired) electrons. The van der Waals surface area contributed by atoms with E-state index < -0.39 is 0 Å². The van der Waals surface area contributed by atoms with E-state index in [0.29, 0.717) is 5.88 Å². The first-order valence-corrected chi connectivity index (χ1v) is 5.70. The summed E-state index contributed by atoms with van der Waals surface area (Å²) in [6.45, 7) is 18.7. The van der Waals surface area contributed by atoms with Crippen molar-refractivity contribution in [2.75, 3.05) is 5.88 Å². The maximum atomic E-state index is 5.43. The van der Waals surface area contributed by atoms with Gasteiger partial charge >= 0.3 is 0 Å². The van der Waals surface area contributed by atoms with Gasteiger partial charge in [0.25, 0.3) is 0 Å². The quantitative estimate of drug-likeness (QED) is 0.322. The molecular formula is C13H27Cl. The molecule has 86 valence electrons. The topological polar surface area (TPSA) is 0 Å². The first-order valence-electron chi connectivity index (χ1n) is 5.17. The van der Waals surface area contributed by atoms with Crippen LogP contribution in [-0.2, 0) is 0 Å². The van der Waals surface area contributed by atoms with Gasteiger partial charge in [-0.25, -0.2) is 0 Å². The molecule has 0 heterocycles. The molecule has 0 rings (SSSR count). The molecule has 0 saturated heterocycles. The summed E-state index contributed by atoms with van der Waals surface area (Å²) in [4.78, 5) is 0. The van der Waals surface area contributed by atoms with Crippen molar-refractivity contribution in [2.24, 2.45) is 0 Å². The summed E-state index contributed by atoms with van der Waals surface area (Å²) in [6.07, 6.45) is 5.45. The molecule has 0 N–H and O–H groups in total. The standard InChI is InChI=1S/C6H9Cl.C3H6.2C2H6/c1-3-6(4-2)5-7;1-3-2;2*1-2/h3-4H,1,5H2,2H3;3H,1H2,2H3;2*1-2H3/b6-4+;;;. The highest BCUT2D eigenvalue weighted by molar-refractivity contribution is 6.19. The van der Waals surface area contributed by atoms with Gasteiger partial charge < -0.3 is 0 Å². The highest BCUT2D eigenvalue weighted by atomic mass is 35.5. The van der Waals surface area contributed by atoms with Gasteiger partial charge in [-0.2, -0.15) is 0 Å². The van der Waals surface area contributed by atoms with Crippen LogP contribution < -0.4 is 0 Å². The van der Waals surface area contributed by atoms with Gasteiger partial charge in [-0.05, 0) is 19.4 Å². The van der Waals surface area contributed by atoms with Crippen LogP contribution in [0.2, 0.25) is 0 Å². The van der Waals surface area contributed by atoms with Crippen LogP contribution in [0.15, 0.2) is 37.0 Å². The van der Waals surface area contributed by atoms with E-state index in [4.69, 9.17) is 11.6 Å². The molecule has 0 aromatic rings. The molecular weight excluding hydrogens is 192 g/mol. The zero-order valence-corrected chi connectivity index (χ0v) is 11.5. The summed E-state index contributed by atoms with van der Waals surface area (Å²) >= 11 is 5.43. The molecule has 0 aromatic carbocycles. The monoisotopic (exact) mass is 218 g/mol. The summed E-state index contributed by atoms with van der Waals surface area (Å²) in [6, 6.07) is 0. The van der Waals surface area contributed by atoms with Crippen molar-refractivity contribution in [1.29, 1.82) is 0 Å². The van der Waals surface area contributed by atoms with Gasteiger partial charge in [0, 0.05) is 5.88 Å². The van der Waals surface area contributed by atoms with Crippen molar-refractivity contribution in [2.45, 2.75) is 41.5 Å². The van der Waals surface area contributed by atoms with Crippen LogP contribution in [0.5, 0.6) is 0 Å². The highest BCUT2D eigenvalue weighted by Crippen LogP contribution is 1.95. The molecule has 0 aliphatic heterocycles. The Bertz CT molecular complexity index is 112. The largest absolute Gasteiger partial charge is 0.122 e. The summed E-state index contributed by atoms with van der Waals surface area (Å²) < 4.78 is 0. The molecule has 0 aromatic heterocycles. The fraction of sp³-hybridized carbons (Fsp3) is 0.538. The minimum absolute atomic E-state index is 0.569. The Labute approximate surface area is 96.4 Å². The van der Waals surface area contributed by atoms with E-state index in [1.165, 1.54) is 0 Å². The van der Waals surface area contributed by atoms with E-state index in [9.17, 15) is 0 Å². The van der Waals surface area contributed by atoms with Gasteiger partial charge in [-0.1, -0.05) is 52.5 Å². The van der Waals surface area contributed by atoms with Gasteiger partial charge in [-0.15, -0.1) is 18.2 Å². The predicted octanol–water partition coefficient (Wildman–Crippen LogP) is 5.60. The van der Waals surface area contributed by atoms with Crippen LogP contribution in [0.1, 0.15) is 41.5 Å². The third kappa shape index (κ3) is 41.9. The Hall–Kier alpha value is -0.490. The SMILES string of the molecule is C=C/C(=C\C)CCl.C=CC.CC.CC. The lowest BCUT2D eigenvalue weighted by Gasteiger charge is -1.86. The molecule has 0 bridgehead atoms. The molecule has 0 spiro atoms. The van der Waals surface area contributed by atoms with E-state index in [1.54, 1.807) is 12.2 Å². The van der Waals surface area contributed by atoms with Gasteiger partial charge in [0.2, 0.25) is 0 Å². The maximum absolute atomic E-state index is 5.43. The van der Waals surface area contributed by atoms with Crippen molar-refractivity contribution < 1.29 is 0 Å². The van der Waals surface area contributed by atoms with Crippen molar-refractivity contribution in [1.82, 2.24) is 0 Å². The zero-order valence-electron chi connectivity index (χ0n) is 10.7. The number of allylic oxidation sites excluding steroid dienone is 4. The fourth-order valence-corrected chi connectivity index (χ4v) is 0.513. The van der Waals surface area contributed by atoms with Crippen molar-refractivity contribution >= 4 is 11.6 Å². The van der Waals surface area contributed by atoms with Crippen LogP contribution in [0.25, 0.3) is 0 Å². The normalized spacial score (nSPS) is 7.50. The third-order valence-electron chi connectivity index (χ3n) is 0.787. The second kappa shape index (κ2) is 39.1. The van der Waals surface area contributed by atoms with Crippen LogP contribution in [0.3, 0.4) is 0 Å². The number of hydrogen-bond acceptors (Lipinski definition) is 0. The Balaban J connectivity index is -0.0000000603. The number of alkyl halides is 1. The maximum Gasteiger partial charge on any atom is 0.0470 e. The van der Waals surface area contributed by atoms with E-state index in [0.717, 1.165) is 5.57 Å². The minimum Gasteiger partial charge on any atom is -0.122 e. The third-order valence-corrected chi connectivity index (χ3v) is 1.10. The number of hydrogen-bond donors (Lipinski definition) is 0.